The van der Waals surface area contributed by atoms with E-state index in [0.29, 0.717) is 18.9 Å². The number of benzene rings is 2. The third-order valence-electron chi connectivity index (χ3n) is 3.34. The SMILES string of the molecule is CC(C)CNC(=O)[C@H](N)Cc1cccc2ccccc12. The minimum absolute atomic E-state index is 0.0772. The van der Waals surface area contributed by atoms with Gasteiger partial charge in [-0.3, -0.25) is 4.79 Å². The normalized spacial score (nSPS) is 12.6. The molecule has 0 aromatic heterocycles. The highest BCUT2D eigenvalue weighted by Crippen LogP contribution is 2.19. The summed E-state index contributed by atoms with van der Waals surface area (Å²) >= 11 is 0. The molecule has 0 bridgehead atoms. The van der Waals surface area contributed by atoms with Crippen LogP contribution in [0.25, 0.3) is 10.8 Å². The van der Waals surface area contributed by atoms with E-state index in [1.165, 1.54) is 10.8 Å². The van der Waals surface area contributed by atoms with Crippen molar-refractivity contribution in [3.8, 4) is 0 Å². The van der Waals surface area contributed by atoms with Gasteiger partial charge in [0, 0.05) is 6.54 Å². The number of nitrogens with two attached hydrogens (primary N) is 1. The fourth-order valence-corrected chi connectivity index (χ4v) is 2.24. The zero-order valence-electron chi connectivity index (χ0n) is 12.1. The molecule has 20 heavy (non-hydrogen) atoms. The number of amides is 1. The van der Waals surface area contributed by atoms with Gasteiger partial charge in [0.1, 0.15) is 0 Å². The Kier molecular flexibility index (Phi) is 4.74. The van der Waals surface area contributed by atoms with Crippen molar-refractivity contribution in [3.05, 3.63) is 48.0 Å². The minimum atomic E-state index is -0.500. The van der Waals surface area contributed by atoms with E-state index in [2.05, 4.69) is 37.4 Å². The smallest absolute Gasteiger partial charge is 0.237 e. The molecule has 0 aliphatic heterocycles. The van der Waals surface area contributed by atoms with Gasteiger partial charge >= 0.3 is 0 Å². The van der Waals surface area contributed by atoms with E-state index in [1.807, 2.05) is 24.3 Å². The summed E-state index contributed by atoms with van der Waals surface area (Å²) in [5.41, 5.74) is 7.14. The van der Waals surface area contributed by atoms with Crippen LogP contribution in [0.4, 0.5) is 0 Å². The van der Waals surface area contributed by atoms with Crippen molar-refractivity contribution in [3.63, 3.8) is 0 Å². The molecule has 1 atom stereocenters. The van der Waals surface area contributed by atoms with Gasteiger partial charge in [-0.05, 0) is 28.7 Å². The Morgan fingerprint density at radius 2 is 1.85 bits per heavy atom. The highest BCUT2D eigenvalue weighted by Gasteiger charge is 2.15. The largest absolute Gasteiger partial charge is 0.354 e. The van der Waals surface area contributed by atoms with Gasteiger partial charge in [-0.15, -0.1) is 0 Å². The number of rotatable bonds is 5. The fourth-order valence-electron chi connectivity index (χ4n) is 2.24. The third kappa shape index (κ3) is 3.58. The van der Waals surface area contributed by atoms with Crippen molar-refractivity contribution in [1.82, 2.24) is 5.32 Å². The predicted octanol–water partition coefficient (Wildman–Crippen LogP) is 2.48. The molecule has 0 unspecified atom stereocenters. The van der Waals surface area contributed by atoms with Crippen molar-refractivity contribution in [2.24, 2.45) is 11.7 Å². The zero-order valence-corrected chi connectivity index (χ0v) is 12.1. The van der Waals surface area contributed by atoms with Crippen molar-refractivity contribution >= 4 is 16.7 Å². The van der Waals surface area contributed by atoms with Gasteiger partial charge in [-0.25, -0.2) is 0 Å². The van der Waals surface area contributed by atoms with Crippen LogP contribution < -0.4 is 11.1 Å². The van der Waals surface area contributed by atoms with Crippen LogP contribution in [0.1, 0.15) is 19.4 Å². The maximum absolute atomic E-state index is 12.0. The second-order valence-corrected chi connectivity index (χ2v) is 5.59. The molecule has 2 aromatic carbocycles. The molecule has 3 nitrogen and oxygen atoms in total. The number of nitrogens with one attached hydrogen (secondary N) is 1. The highest BCUT2D eigenvalue weighted by atomic mass is 16.2. The monoisotopic (exact) mass is 270 g/mol. The molecule has 1 amide bonds. The first kappa shape index (κ1) is 14.5. The molecule has 2 aromatic rings. The van der Waals surface area contributed by atoms with E-state index in [1.54, 1.807) is 0 Å². The van der Waals surface area contributed by atoms with Gasteiger partial charge in [0.15, 0.2) is 0 Å². The van der Waals surface area contributed by atoms with E-state index in [4.69, 9.17) is 5.73 Å². The fraction of sp³-hybridized carbons (Fsp3) is 0.353. The van der Waals surface area contributed by atoms with Gasteiger partial charge in [-0.1, -0.05) is 56.3 Å². The first-order valence-electron chi connectivity index (χ1n) is 7.08. The van der Waals surface area contributed by atoms with E-state index in [0.717, 1.165) is 5.56 Å². The number of hydrogen-bond donors (Lipinski definition) is 2. The van der Waals surface area contributed by atoms with Gasteiger partial charge in [0.25, 0.3) is 0 Å². The second-order valence-electron chi connectivity index (χ2n) is 5.59. The van der Waals surface area contributed by atoms with Gasteiger partial charge in [0.05, 0.1) is 6.04 Å². The molecular weight excluding hydrogens is 248 g/mol. The van der Waals surface area contributed by atoms with Crippen LogP contribution in [0.15, 0.2) is 42.5 Å². The lowest BCUT2D eigenvalue weighted by Gasteiger charge is -2.15. The average Bonchev–Trinajstić information content (AvgIpc) is 2.45. The summed E-state index contributed by atoms with van der Waals surface area (Å²) in [7, 11) is 0. The summed E-state index contributed by atoms with van der Waals surface area (Å²) in [6, 6.07) is 13.8. The Morgan fingerprint density at radius 1 is 1.15 bits per heavy atom. The summed E-state index contributed by atoms with van der Waals surface area (Å²) in [6.45, 7) is 4.80. The minimum Gasteiger partial charge on any atom is -0.354 e. The van der Waals surface area contributed by atoms with Gasteiger partial charge in [0.2, 0.25) is 5.91 Å². The Hall–Kier alpha value is -1.87. The first-order chi connectivity index (χ1) is 9.58. The van der Waals surface area contributed by atoms with Crippen LogP contribution in [0.5, 0.6) is 0 Å². The van der Waals surface area contributed by atoms with Crippen LogP contribution in [-0.4, -0.2) is 18.5 Å². The summed E-state index contributed by atoms with van der Waals surface area (Å²) in [4.78, 5) is 12.0. The molecule has 0 spiro atoms. The van der Waals surface area contributed by atoms with E-state index in [9.17, 15) is 4.79 Å². The lowest BCUT2D eigenvalue weighted by molar-refractivity contribution is -0.122. The topological polar surface area (TPSA) is 55.1 Å². The number of hydrogen-bond acceptors (Lipinski definition) is 2. The Bertz CT molecular complexity index is 587. The van der Waals surface area contributed by atoms with E-state index >= 15 is 0 Å². The molecule has 106 valence electrons. The molecule has 0 aliphatic carbocycles. The molecule has 0 aliphatic rings. The lowest BCUT2D eigenvalue weighted by Crippen LogP contribution is -2.43. The van der Waals surface area contributed by atoms with Crippen molar-refractivity contribution in [2.75, 3.05) is 6.54 Å². The first-order valence-corrected chi connectivity index (χ1v) is 7.08. The Labute approximate surface area is 120 Å². The van der Waals surface area contributed by atoms with E-state index in [-0.39, 0.29) is 5.91 Å². The number of carbonyl (C=O) groups excluding carboxylic acids is 1. The molecule has 0 radical (unpaired) electrons. The standard InChI is InChI=1S/C17H22N2O/c1-12(2)11-19-17(20)16(18)10-14-8-5-7-13-6-3-4-9-15(13)14/h3-9,12,16H,10-11,18H2,1-2H3,(H,19,20)/t16-/m1/s1. The maximum atomic E-state index is 12.0. The van der Waals surface area contributed by atoms with Crippen LogP contribution in [-0.2, 0) is 11.2 Å². The molecule has 0 saturated carbocycles. The van der Waals surface area contributed by atoms with Crippen LogP contribution in [0, 0.1) is 5.92 Å². The Morgan fingerprint density at radius 3 is 2.60 bits per heavy atom. The molecule has 3 N–H and O–H groups in total. The lowest BCUT2D eigenvalue weighted by atomic mass is 9.99. The van der Waals surface area contributed by atoms with Crippen LogP contribution in [0.2, 0.25) is 0 Å². The summed E-state index contributed by atoms with van der Waals surface area (Å²) in [5, 5.41) is 5.24. The second kappa shape index (κ2) is 6.53. The number of fused-ring (bicyclic) bond motifs is 1. The third-order valence-corrected chi connectivity index (χ3v) is 3.34. The number of carbonyl (C=O) groups is 1. The predicted molar refractivity (Wildman–Crippen MR) is 83.5 cm³/mol. The van der Waals surface area contributed by atoms with Crippen molar-refractivity contribution in [1.29, 1.82) is 0 Å². The van der Waals surface area contributed by atoms with Crippen molar-refractivity contribution in [2.45, 2.75) is 26.3 Å². The molecule has 0 fully saturated rings. The van der Waals surface area contributed by atoms with Crippen molar-refractivity contribution < 1.29 is 4.79 Å². The maximum Gasteiger partial charge on any atom is 0.237 e. The molecule has 0 heterocycles. The average molecular weight is 270 g/mol. The summed E-state index contributed by atoms with van der Waals surface area (Å²) in [5.74, 6) is 0.357. The highest BCUT2D eigenvalue weighted by molar-refractivity contribution is 5.87. The Balaban J connectivity index is 2.10. The zero-order chi connectivity index (χ0) is 14.5. The molecule has 3 heteroatoms. The molecular formula is C17H22N2O. The summed E-state index contributed by atoms with van der Waals surface area (Å²) in [6.07, 6.45) is 0.561. The quantitative estimate of drug-likeness (QED) is 0.877. The van der Waals surface area contributed by atoms with Gasteiger partial charge < -0.3 is 11.1 Å². The van der Waals surface area contributed by atoms with Crippen LogP contribution >= 0.6 is 0 Å². The molecule has 0 saturated heterocycles. The summed E-state index contributed by atoms with van der Waals surface area (Å²) < 4.78 is 0. The van der Waals surface area contributed by atoms with Gasteiger partial charge in [-0.2, -0.15) is 0 Å². The van der Waals surface area contributed by atoms with Crippen LogP contribution in [0.3, 0.4) is 0 Å². The van der Waals surface area contributed by atoms with E-state index < -0.39 is 6.04 Å². The molecule has 2 rings (SSSR count).